The Balaban J connectivity index is 1.57. The fourth-order valence-electron chi connectivity index (χ4n) is 3.41. The highest BCUT2D eigenvalue weighted by Crippen LogP contribution is 2.31. The Morgan fingerprint density at radius 3 is 2.70 bits per heavy atom. The highest BCUT2D eigenvalue weighted by molar-refractivity contribution is 5.86. The van der Waals surface area contributed by atoms with Crippen molar-refractivity contribution in [2.75, 3.05) is 18.0 Å². The van der Waals surface area contributed by atoms with Crippen LogP contribution in [0, 0.1) is 6.92 Å². The Morgan fingerprint density at radius 1 is 1.13 bits per heavy atom. The van der Waals surface area contributed by atoms with E-state index in [0.29, 0.717) is 5.92 Å². The van der Waals surface area contributed by atoms with E-state index in [1.807, 2.05) is 25.3 Å². The first kappa shape index (κ1) is 14.0. The van der Waals surface area contributed by atoms with Gasteiger partial charge in [-0.3, -0.25) is 4.79 Å². The van der Waals surface area contributed by atoms with E-state index in [4.69, 9.17) is 0 Å². The van der Waals surface area contributed by atoms with E-state index in [9.17, 15) is 4.79 Å². The van der Waals surface area contributed by atoms with Crippen molar-refractivity contribution in [1.82, 2.24) is 19.9 Å². The first-order valence-electron chi connectivity index (χ1n) is 7.96. The molecule has 1 aliphatic rings. The molecule has 0 aliphatic carbocycles. The maximum absolute atomic E-state index is 11.5. The molecule has 2 N–H and O–H groups in total. The highest BCUT2D eigenvalue weighted by Gasteiger charge is 2.23. The van der Waals surface area contributed by atoms with Crippen LogP contribution in [-0.4, -0.2) is 33.0 Å². The maximum Gasteiger partial charge on any atom is 0.248 e. The average Bonchev–Trinajstić information content (AvgIpc) is 3.02. The molecule has 118 valence electrons. The number of hydrogen-bond acceptors (Lipinski definition) is 4. The number of aromatic nitrogens is 4. The van der Waals surface area contributed by atoms with E-state index < -0.39 is 0 Å². The maximum atomic E-state index is 11.5. The molecular weight excluding hydrogens is 290 g/mol. The summed E-state index contributed by atoms with van der Waals surface area (Å²) in [7, 11) is 0. The quantitative estimate of drug-likeness (QED) is 0.761. The van der Waals surface area contributed by atoms with Crippen LogP contribution in [0.5, 0.6) is 0 Å². The van der Waals surface area contributed by atoms with Crippen LogP contribution in [0.4, 0.5) is 5.82 Å². The summed E-state index contributed by atoms with van der Waals surface area (Å²) >= 11 is 0. The molecule has 0 atom stereocenters. The van der Waals surface area contributed by atoms with E-state index in [-0.39, 0.29) is 5.56 Å². The van der Waals surface area contributed by atoms with Crippen LogP contribution in [0.1, 0.15) is 30.1 Å². The largest absolute Gasteiger partial charge is 0.357 e. The number of nitrogens with one attached hydrogen (secondary N) is 2. The Kier molecular flexibility index (Phi) is 3.37. The predicted molar refractivity (Wildman–Crippen MR) is 89.9 cm³/mol. The fraction of sp³-hybridized carbons (Fsp3) is 0.353. The van der Waals surface area contributed by atoms with Crippen LogP contribution in [0.3, 0.4) is 0 Å². The molecule has 0 radical (unpaired) electrons. The molecule has 3 aromatic rings. The molecule has 0 unspecified atom stereocenters. The zero-order valence-corrected chi connectivity index (χ0v) is 13.0. The van der Waals surface area contributed by atoms with Crippen LogP contribution >= 0.6 is 0 Å². The molecular formula is C17H19N5O. The van der Waals surface area contributed by atoms with Crippen LogP contribution in [0.15, 0.2) is 35.4 Å². The van der Waals surface area contributed by atoms with Gasteiger partial charge in [-0.25, -0.2) is 9.97 Å². The zero-order valence-electron chi connectivity index (χ0n) is 13.0. The summed E-state index contributed by atoms with van der Waals surface area (Å²) in [5.41, 5.74) is 3.08. The number of H-pyrrole nitrogens is 2. The molecule has 0 amide bonds. The third-order valence-corrected chi connectivity index (χ3v) is 4.56. The van der Waals surface area contributed by atoms with Gasteiger partial charge in [0.2, 0.25) is 5.56 Å². The van der Waals surface area contributed by atoms with E-state index in [1.54, 1.807) is 12.3 Å². The van der Waals surface area contributed by atoms with Crippen molar-refractivity contribution in [3.63, 3.8) is 0 Å². The molecule has 0 spiro atoms. The van der Waals surface area contributed by atoms with E-state index in [1.165, 1.54) is 0 Å². The van der Waals surface area contributed by atoms with Crippen molar-refractivity contribution in [3.8, 4) is 0 Å². The molecule has 0 saturated carbocycles. The van der Waals surface area contributed by atoms with Gasteiger partial charge >= 0.3 is 0 Å². The van der Waals surface area contributed by atoms with Gasteiger partial charge in [0.25, 0.3) is 0 Å². The van der Waals surface area contributed by atoms with Gasteiger partial charge in [0.1, 0.15) is 11.3 Å². The standard InChI is InChI=1S/C17H19N5O/c1-11-20-14-3-7-19-16(14)17(21-11)22-8-4-12(5-9-22)13-2-6-18-15(23)10-13/h2-3,6-7,10,12,19H,4-5,8-9H2,1H3,(H,18,23). The second kappa shape index (κ2) is 5.53. The molecule has 0 bridgehead atoms. The van der Waals surface area contributed by atoms with Gasteiger partial charge in [0.05, 0.1) is 5.52 Å². The van der Waals surface area contributed by atoms with Crippen LogP contribution in [0.25, 0.3) is 11.0 Å². The first-order valence-corrected chi connectivity index (χ1v) is 7.96. The summed E-state index contributed by atoms with van der Waals surface area (Å²) in [6.45, 7) is 3.79. The minimum atomic E-state index is -0.0237. The average molecular weight is 309 g/mol. The predicted octanol–water partition coefficient (Wildman–Crippen LogP) is 2.34. The SMILES string of the molecule is Cc1nc(N2CCC(c3cc[nH]c(=O)c3)CC2)c2[nH]ccc2n1. The number of fused-ring (bicyclic) bond motifs is 1. The summed E-state index contributed by atoms with van der Waals surface area (Å²) in [5.74, 6) is 2.22. The molecule has 0 aromatic carbocycles. The van der Waals surface area contributed by atoms with E-state index >= 15 is 0 Å². The van der Waals surface area contributed by atoms with Gasteiger partial charge in [-0.15, -0.1) is 0 Å². The Bertz CT molecular complexity index is 889. The van der Waals surface area contributed by atoms with Crippen LogP contribution in [-0.2, 0) is 0 Å². The topological polar surface area (TPSA) is 77.7 Å². The molecule has 6 nitrogen and oxygen atoms in total. The molecule has 4 rings (SSSR count). The second-order valence-electron chi connectivity index (χ2n) is 6.08. The summed E-state index contributed by atoms with van der Waals surface area (Å²) in [6, 6.07) is 5.72. The van der Waals surface area contributed by atoms with Gasteiger partial charge < -0.3 is 14.9 Å². The zero-order chi connectivity index (χ0) is 15.8. The monoisotopic (exact) mass is 309 g/mol. The summed E-state index contributed by atoms with van der Waals surface area (Å²) in [5, 5.41) is 0. The van der Waals surface area contributed by atoms with Crippen molar-refractivity contribution in [1.29, 1.82) is 0 Å². The fourth-order valence-corrected chi connectivity index (χ4v) is 3.41. The lowest BCUT2D eigenvalue weighted by Gasteiger charge is -2.33. The molecule has 1 saturated heterocycles. The highest BCUT2D eigenvalue weighted by atomic mass is 16.1. The smallest absolute Gasteiger partial charge is 0.248 e. The number of nitrogens with zero attached hydrogens (tertiary/aromatic N) is 3. The Morgan fingerprint density at radius 2 is 1.91 bits per heavy atom. The number of piperidine rings is 1. The molecule has 1 fully saturated rings. The normalized spacial score (nSPS) is 16.1. The van der Waals surface area contributed by atoms with Crippen molar-refractivity contribution >= 4 is 16.9 Å². The third-order valence-electron chi connectivity index (χ3n) is 4.56. The molecule has 23 heavy (non-hydrogen) atoms. The lowest BCUT2D eigenvalue weighted by atomic mass is 9.90. The minimum absolute atomic E-state index is 0.0237. The minimum Gasteiger partial charge on any atom is -0.357 e. The van der Waals surface area contributed by atoms with Crippen molar-refractivity contribution in [3.05, 3.63) is 52.3 Å². The van der Waals surface area contributed by atoms with Crippen LogP contribution in [0.2, 0.25) is 0 Å². The number of aromatic amines is 2. The van der Waals surface area contributed by atoms with E-state index in [0.717, 1.165) is 54.2 Å². The lowest BCUT2D eigenvalue weighted by molar-refractivity contribution is 0.502. The van der Waals surface area contributed by atoms with Crippen molar-refractivity contribution in [2.24, 2.45) is 0 Å². The number of hydrogen-bond donors (Lipinski definition) is 2. The molecule has 1 aliphatic heterocycles. The van der Waals surface area contributed by atoms with Gasteiger partial charge in [0.15, 0.2) is 5.82 Å². The second-order valence-corrected chi connectivity index (χ2v) is 6.08. The van der Waals surface area contributed by atoms with E-state index in [2.05, 4.69) is 24.8 Å². The van der Waals surface area contributed by atoms with Gasteiger partial charge in [-0.2, -0.15) is 0 Å². The Hall–Kier alpha value is -2.63. The third kappa shape index (κ3) is 2.60. The summed E-state index contributed by atoms with van der Waals surface area (Å²) in [6.07, 6.45) is 5.69. The van der Waals surface area contributed by atoms with Crippen LogP contribution < -0.4 is 10.5 Å². The molecule has 6 heteroatoms. The van der Waals surface area contributed by atoms with Gasteiger partial charge in [-0.1, -0.05) is 0 Å². The summed E-state index contributed by atoms with van der Waals surface area (Å²) in [4.78, 5) is 28.8. The Labute approximate surface area is 133 Å². The number of rotatable bonds is 2. The summed E-state index contributed by atoms with van der Waals surface area (Å²) < 4.78 is 0. The number of aryl methyl sites for hydroxylation is 1. The number of pyridine rings is 1. The molecule has 3 aromatic heterocycles. The molecule has 4 heterocycles. The van der Waals surface area contributed by atoms with Crippen molar-refractivity contribution in [2.45, 2.75) is 25.7 Å². The van der Waals surface area contributed by atoms with Crippen molar-refractivity contribution < 1.29 is 0 Å². The first-order chi connectivity index (χ1) is 11.2. The van der Waals surface area contributed by atoms with Gasteiger partial charge in [-0.05, 0) is 43.4 Å². The van der Waals surface area contributed by atoms with Gasteiger partial charge in [0, 0.05) is 31.5 Å². The number of anilines is 1. The lowest BCUT2D eigenvalue weighted by Crippen LogP contribution is -2.34.